The molecule has 0 fully saturated rings. The van der Waals surface area contributed by atoms with Crippen molar-refractivity contribution in [3.05, 3.63) is 12.2 Å². The van der Waals surface area contributed by atoms with E-state index in [2.05, 4.69) is 32.9 Å². The topological polar surface area (TPSA) is 78.9 Å². The van der Waals surface area contributed by atoms with Crippen LogP contribution in [0.3, 0.4) is 0 Å². The van der Waals surface area contributed by atoms with Gasteiger partial charge in [-0.05, 0) is 44.9 Å². The fourth-order valence-electron chi connectivity index (χ4n) is 7.97. The zero-order valence-electron chi connectivity index (χ0n) is 40.5. The van der Waals surface area contributed by atoms with Crippen LogP contribution in [0.4, 0.5) is 0 Å². The van der Waals surface area contributed by atoms with E-state index in [1.54, 1.807) is 0 Å². The largest absolute Gasteiger partial charge is 0.462 e. The average molecular weight is 847 g/mol. The Kier molecular flexibility index (Phi) is 48.3. The van der Waals surface area contributed by atoms with Crippen molar-refractivity contribution in [2.24, 2.45) is 0 Å². The molecular weight excluding hydrogens is 745 g/mol. The Bertz CT molecular complexity index is 931. The Morgan fingerprint density at radius 1 is 0.317 bits per heavy atom. The highest BCUT2D eigenvalue weighted by molar-refractivity contribution is 5.71. The van der Waals surface area contributed by atoms with Crippen LogP contribution in [0.15, 0.2) is 12.2 Å². The van der Waals surface area contributed by atoms with Gasteiger partial charge in [-0.25, -0.2) is 0 Å². The van der Waals surface area contributed by atoms with Gasteiger partial charge in [0.25, 0.3) is 0 Å². The summed E-state index contributed by atoms with van der Waals surface area (Å²) in [5.41, 5.74) is 0. The van der Waals surface area contributed by atoms with Gasteiger partial charge in [0.1, 0.15) is 13.2 Å². The summed E-state index contributed by atoms with van der Waals surface area (Å²) in [6, 6.07) is 0. The maximum absolute atomic E-state index is 12.8. The van der Waals surface area contributed by atoms with Crippen LogP contribution in [-0.2, 0) is 28.6 Å². The molecule has 6 heteroatoms. The van der Waals surface area contributed by atoms with E-state index in [1.807, 2.05) is 0 Å². The molecule has 0 aromatic rings. The first-order valence-electron chi connectivity index (χ1n) is 26.7. The van der Waals surface area contributed by atoms with E-state index < -0.39 is 6.10 Å². The first-order chi connectivity index (χ1) is 29.5. The van der Waals surface area contributed by atoms with Crippen LogP contribution < -0.4 is 0 Å². The van der Waals surface area contributed by atoms with Crippen LogP contribution in [0, 0.1) is 0 Å². The van der Waals surface area contributed by atoms with Crippen LogP contribution in [0.2, 0.25) is 0 Å². The molecule has 60 heavy (non-hydrogen) atoms. The molecule has 0 aromatic heterocycles. The molecule has 6 nitrogen and oxygen atoms in total. The lowest BCUT2D eigenvalue weighted by atomic mass is 10.0. The highest BCUT2D eigenvalue weighted by atomic mass is 16.6. The Balaban J connectivity index is 4.27. The van der Waals surface area contributed by atoms with E-state index in [-0.39, 0.29) is 31.1 Å². The maximum Gasteiger partial charge on any atom is 0.306 e. The molecule has 0 spiro atoms. The second-order valence-electron chi connectivity index (χ2n) is 18.2. The Labute approximate surface area is 373 Å². The lowest BCUT2D eigenvalue weighted by Gasteiger charge is -2.18. The number of allylic oxidation sites excluding steroid dienone is 2. The normalized spacial score (nSPS) is 12.0. The third kappa shape index (κ3) is 47.2. The Morgan fingerprint density at radius 3 is 0.833 bits per heavy atom. The molecule has 0 heterocycles. The van der Waals surface area contributed by atoms with E-state index in [0.717, 1.165) is 57.8 Å². The molecule has 0 N–H and O–H groups in total. The predicted molar refractivity (Wildman–Crippen MR) is 256 cm³/mol. The number of hydrogen-bond acceptors (Lipinski definition) is 6. The number of ether oxygens (including phenoxy) is 3. The summed E-state index contributed by atoms with van der Waals surface area (Å²) in [6.45, 7) is 6.66. The molecule has 0 bridgehead atoms. The van der Waals surface area contributed by atoms with E-state index in [4.69, 9.17) is 14.2 Å². The smallest absolute Gasteiger partial charge is 0.306 e. The molecule has 1 unspecified atom stereocenters. The SMILES string of the molecule is CCCCCCCCCC/C=C\CCCCCCCCCC(=O)OCC(COC(=O)CCCCCCCCCCCCC)OC(=O)CCCCCCCCCCCCCC. The molecule has 0 radical (unpaired) electrons. The minimum absolute atomic E-state index is 0.0661. The summed E-state index contributed by atoms with van der Waals surface area (Å²) in [5, 5.41) is 0. The molecule has 0 rings (SSSR count). The van der Waals surface area contributed by atoms with E-state index in [1.165, 1.54) is 199 Å². The molecule has 0 aliphatic carbocycles. The van der Waals surface area contributed by atoms with Gasteiger partial charge in [0.15, 0.2) is 6.10 Å². The van der Waals surface area contributed by atoms with Gasteiger partial charge in [-0.3, -0.25) is 14.4 Å². The molecule has 1 atom stereocenters. The summed E-state index contributed by atoms with van der Waals surface area (Å²) in [7, 11) is 0. The first-order valence-corrected chi connectivity index (χ1v) is 26.7. The summed E-state index contributed by atoms with van der Waals surface area (Å²) in [6.07, 6.45) is 54.8. The molecule has 0 amide bonds. The van der Waals surface area contributed by atoms with Crippen LogP contribution in [0.1, 0.15) is 297 Å². The van der Waals surface area contributed by atoms with Gasteiger partial charge in [-0.1, -0.05) is 245 Å². The minimum atomic E-state index is -0.764. The number of rotatable bonds is 49. The van der Waals surface area contributed by atoms with E-state index >= 15 is 0 Å². The van der Waals surface area contributed by atoms with Gasteiger partial charge < -0.3 is 14.2 Å². The van der Waals surface area contributed by atoms with Gasteiger partial charge >= 0.3 is 17.9 Å². The van der Waals surface area contributed by atoms with Crippen molar-refractivity contribution in [3.63, 3.8) is 0 Å². The van der Waals surface area contributed by atoms with Gasteiger partial charge in [0.05, 0.1) is 0 Å². The lowest BCUT2D eigenvalue weighted by molar-refractivity contribution is -0.167. The van der Waals surface area contributed by atoms with Crippen molar-refractivity contribution < 1.29 is 28.6 Å². The summed E-state index contributed by atoms with van der Waals surface area (Å²) < 4.78 is 16.8. The highest BCUT2D eigenvalue weighted by Crippen LogP contribution is 2.16. The number of carbonyl (C=O) groups excluding carboxylic acids is 3. The third-order valence-corrected chi connectivity index (χ3v) is 12.0. The summed E-state index contributed by atoms with van der Waals surface area (Å²) in [4.78, 5) is 37.9. The fraction of sp³-hybridized carbons (Fsp3) is 0.907. The quantitative estimate of drug-likeness (QED) is 0.0263. The van der Waals surface area contributed by atoms with E-state index in [0.29, 0.717) is 19.3 Å². The molecule has 0 aliphatic rings. The average Bonchev–Trinajstić information content (AvgIpc) is 3.24. The van der Waals surface area contributed by atoms with Crippen molar-refractivity contribution in [3.8, 4) is 0 Å². The third-order valence-electron chi connectivity index (χ3n) is 12.0. The Morgan fingerprint density at radius 2 is 0.550 bits per heavy atom. The van der Waals surface area contributed by atoms with Crippen LogP contribution in [-0.4, -0.2) is 37.2 Å². The monoisotopic (exact) mass is 847 g/mol. The molecule has 0 aromatic carbocycles. The van der Waals surface area contributed by atoms with Gasteiger partial charge in [0, 0.05) is 19.3 Å². The van der Waals surface area contributed by atoms with Crippen molar-refractivity contribution >= 4 is 17.9 Å². The Hall–Kier alpha value is -1.85. The molecule has 354 valence electrons. The number of unbranched alkanes of at least 4 members (excludes halogenated alkanes) is 36. The zero-order valence-corrected chi connectivity index (χ0v) is 40.5. The second kappa shape index (κ2) is 49.8. The van der Waals surface area contributed by atoms with Crippen molar-refractivity contribution in [1.29, 1.82) is 0 Å². The van der Waals surface area contributed by atoms with Gasteiger partial charge in [0.2, 0.25) is 0 Å². The van der Waals surface area contributed by atoms with Crippen molar-refractivity contribution in [2.75, 3.05) is 13.2 Å². The molecule has 0 saturated carbocycles. The van der Waals surface area contributed by atoms with Crippen molar-refractivity contribution in [1.82, 2.24) is 0 Å². The van der Waals surface area contributed by atoms with Crippen molar-refractivity contribution in [2.45, 2.75) is 303 Å². The first kappa shape index (κ1) is 58.1. The van der Waals surface area contributed by atoms with Crippen LogP contribution in [0.5, 0.6) is 0 Å². The number of esters is 3. The van der Waals surface area contributed by atoms with Crippen LogP contribution >= 0.6 is 0 Å². The standard InChI is InChI=1S/C54H102O6/c1-4-7-10-13-16-19-22-24-25-26-27-28-29-30-33-35-38-41-44-47-53(56)59-50-51(49-58-52(55)46-43-40-37-34-31-21-18-15-12-9-6-3)60-54(57)48-45-42-39-36-32-23-20-17-14-11-8-5-2/h26-27,51H,4-25,28-50H2,1-3H3/b27-26-. The minimum Gasteiger partial charge on any atom is -0.462 e. The van der Waals surface area contributed by atoms with Gasteiger partial charge in [-0.2, -0.15) is 0 Å². The lowest BCUT2D eigenvalue weighted by Crippen LogP contribution is -2.30. The number of hydrogen-bond donors (Lipinski definition) is 0. The highest BCUT2D eigenvalue weighted by Gasteiger charge is 2.19. The summed E-state index contributed by atoms with van der Waals surface area (Å²) in [5.74, 6) is -0.854. The summed E-state index contributed by atoms with van der Waals surface area (Å²) >= 11 is 0. The zero-order chi connectivity index (χ0) is 43.7. The number of carbonyl (C=O) groups is 3. The molecule has 0 aliphatic heterocycles. The molecule has 0 saturated heterocycles. The predicted octanol–water partition coefficient (Wildman–Crippen LogP) is 17.4. The fourth-order valence-corrected chi connectivity index (χ4v) is 7.97. The van der Waals surface area contributed by atoms with Gasteiger partial charge in [-0.15, -0.1) is 0 Å². The maximum atomic E-state index is 12.8. The van der Waals surface area contributed by atoms with E-state index in [9.17, 15) is 14.4 Å². The molecular formula is C54H102O6. The van der Waals surface area contributed by atoms with Crippen LogP contribution in [0.25, 0.3) is 0 Å². The second-order valence-corrected chi connectivity index (χ2v) is 18.2.